The molecule has 2 fully saturated rings. The van der Waals surface area contributed by atoms with Crippen LogP contribution in [0.4, 0.5) is 0 Å². The number of pyridine rings is 2. The first-order valence-electron chi connectivity index (χ1n) is 17.5. The van der Waals surface area contributed by atoms with Crippen molar-refractivity contribution in [2.75, 3.05) is 39.8 Å². The number of hydrogen-bond acceptors (Lipinski definition) is 10. The van der Waals surface area contributed by atoms with Crippen LogP contribution in [-0.2, 0) is 19.5 Å². The highest BCUT2D eigenvalue weighted by atomic mass is 35.5. The Balaban J connectivity index is 1.05. The average Bonchev–Trinajstić information content (AvgIpc) is 3.95. The van der Waals surface area contributed by atoms with E-state index >= 15 is 0 Å². The van der Waals surface area contributed by atoms with Crippen LogP contribution in [0.2, 0.25) is 15.1 Å². The lowest BCUT2D eigenvalue weighted by atomic mass is 9.95. The number of nitrogens with zero attached hydrogens (tertiary/aromatic N) is 5. The summed E-state index contributed by atoms with van der Waals surface area (Å²) in [5, 5.41) is 30.0. The summed E-state index contributed by atoms with van der Waals surface area (Å²) in [5.41, 5.74) is 6.30. The monoisotopic (exact) mass is 764 g/mol. The second-order valence-electron chi connectivity index (χ2n) is 13.8. The average molecular weight is 766 g/mol. The van der Waals surface area contributed by atoms with Crippen molar-refractivity contribution in [1.82, 2.24) is 24.3 Å². The molecule has 3 N–H and O–H groups in total. The molecule has 0 radical (unpaired) electrons. The molecule has 14 heteroatoms. The van der Waals surface area contributed by atoms with Gasteiger partial charge in [0.1, 0.15) is 16.1 Å². The molecule has 3 aliphatic rings. The van der Waals surface area contributed by atoms with Crippen LogP contribution in [0.1, 0.15) is 42.1 Å². The summed E-state index contributed by atoms with van der Waals surface area (Å²) >= 11 is 20.5. The third kappa shape index (κ3) is 6.80. The molecule has 0 spiro atoms. The predicted molar refractivity (Wildman–Crippen MR) is 199 cm³/mol. The van der Waals surface area contributed by atoms with Crippen molar-refractivity contribution in [3.63, 3.8) is 0 Å². The van der Waals surface area contributed by atoms with Crippen LogP contribution in [0.15, 0.2) is 53.1 Å². The molecule has 2 aliphatic heterocycles. The first kappa shape index (κ1) is 35.4. The number of benzene rings is 2. The number of halogens is 3. The number of hydrogen-bond donors (Lipinski definition) is 3. The number of aliphatic hydroxyl groups is 2. The van der Waals surface area contributed by atoms with Crippen molar-refractivity contribution in [3.05, 3.63) is 85.9 Å². The van der Waals surface area contributed by atoms with Gasteiger partial charge in [-0.3, -0.25) is 15.2 Å². The Hall–Kier alpha value is -3.68. The third-order valence-electron chi connectivity index (χ3n) is 10.3. The third-order valence-corrected chi connectivity index (χ3v) is 11.3. The number of likely N-dealkylation sites (tertiary alicyclic amines) is 2. The maximum atomic E-state index is 9.95. The topological polar surface area (TPSA) is 133 Å². The highest BCUT2D eigenvalue weighted by molar-refractivity contribution is 6.36. The molecule has 2 saturated heterocycles. The van der Waals surface area contributed by atoms with Gasteiger partial charge in [-0.25, -0.2) is 4.98 Å². The maximum Gasteiger partial charge on any atom is 0.236 e. The number of ether oxygens (including phenoxy) is 2. The molecule has 3 aromatic heterocycles. The van der Waals surface area contributed by atoms with Crippen molar-refractivity contribution in [2.45, 2.75) is 57.1 Å². The fourth-order valence-corrected chi connectivity index (χ4v) is 8.46. The summed E-state index contributed by atoms with van der Waals surface area (Å²) in [6.45, 7) is 4.67. The first-order valence-corrected chi connectivity index (χ1v) is 18.7. The number of nitrogens with one attached hydrogen (secondary N) is 1. The van der Waals surface area contributed by atoms with Gasteiger partial charge in [-0.1, -0.05) is 65.1 Å². The van der Waals surface area contributed by atoms with Gasteiger partial charge < -0.3 is 28.7 Å². The number of methoxy groups -OCH3 is 1. The van der Waals surface area contributed by atoms with Gasteiger partial charge in [0.05, 0.1) is 29.9 Å². The fraction of sp³-hybridized carbons (Fsp3) is 0.395. The Kier molecular flexibility index (Phi) is 9.94. The first-order chi connectivity index (χ1) is 25.2. The largest absolute Gasteiger partial charge is 0.481 e. The van der Waals surface area contributed by atoms with Crippen LogP contribution in [0, 0.1) is 5.41 Å². The number of fused-ring (bicyclic) bond motifs is 2. The summed E-state index contributed by atoms with van der Waals surface area (Å²) < 4.78 is 20.0. The van der Waals surface area contributed by atoms with E-state index in [1.807, 2.05) is 30.3 Å². The van der Waals surface area contributed by atoms with Crippen molar-refractivity contribution in [2.24, 2.45) is 0 Å². The van der Waals surface area contributed by atoms with Crippen LogP contribution in [0.25, 0.3) is 33.7 Å². The minimum absolute atomic E-state index is 0.196. The van der Waals surface area contributed by atoms with Gasteiger partial charge in [-0.05, 0) is 54.5 Å². The molecular weight excluding hydrogens is 727 g/mol. The van der Waals surface area contributed by atoms with Crippen LogP contribution >= 0.6 is 34.8 Å². The summed E-state index contributed by atoms with van der Waals surface area (Å²) in [6.07, 6.45) is 3.80. The van der Waals surface area contributed by atoms with E-state index in [2.05, 4.69) is 26.9 Å². The minimum atomic E-state index is -0.319. The summed E-state index contributed by atoms with van der Waals surface area (Å²) in [7, 11) is 1.58. The Bertz CT molecular complexity index is 2210. The van der Waals surface area contributed by atoms with Crippen molar-refractivity contribution in [3.8, 4) is 34.3 Å². The quantitative estimate of drug-likeness (QED) is 0.146. The zero-order valence-corrected chi connectivity index (χ0v) is 30.9. The van der Waals surface area contributed by atoms with E-state index in [4.69, 9.17) is 59.1 Å². The van der Waals surface area contributed by atoms with Gasteiger partial charge in [0, 0.05) is 63.1 Å². The van der Waals surface area contributed by atoms with Crippen molar-refractivity contribution in [1.29, 1.82) is 5.41 Å². The number of aromatic nitrogens is 3. The number of oxazole rings is 1. The molecule has 3 atom stereocenters. The van der Waals surface area contributed by atoms with Crippen LogP contribution < -0.4 is 15.0 Å². The van der Waals surface area contributed by atoms with Crippen LogP contribution in [-0.4, -0.2) is 86.6 Å². The Morgan fingerprint density at radius 1 is 0.885 bits per heavy atom. The lowest BCUT2D eigenvalue weighted by Gasteiger charge is -2.20. The molecule has 0 saturated carbocycles. The van der Waals surface area contributed by atoms with Gasteiger partial charge in [-0.2, -0.15) is 4.98 Å². The van der Waals surface area contributed by atoms with Gasteiger partial charge in [0.2, 0.25) is 17.7 Å². The molecule has 272 valence electrons. The molecule has 52 heavy (non-hydrogen) atoms. The van der Waals surface area contributed by atoms with E-state index in [0.29, 0.717) is 76.2 Å². The molecule has 5 heterocycles. The molecule has 1 aliphatic carbocycles. The van der Waals surface area contributed by atoms with E-state index < -0.39 is 0 Å². The van der Waals surface area contributed by atoms with Gasteiger partial charge in [0.15, 0.2) is 16.6 Å². The Morgan fingerprint density at radius 2 is 1.62 bits per heavy atom. The van der Waals surface area contributed by atoms with E-state index in [0.717, 1.165) is 66.6 Å². The molecule has 0 bridgehead atoms. The molecule has 2 aromatic carbocycles. The molecule has 8 rings (SSSR count). The van der Waals surface area contributed by atoms with Gasteiger partial charge in [-0.15, -0.1) is 0 Å². The van der Waals surface area contributed by atoms with Crippen molar-refractivity contribution >= 4 is 45.9 Å². The molecule has 5 aromatic rings. The van der Waals surface area contributed by atoms with Crippen LogP contribution in [0.3, 0.4) is 0 Å². The van der Waals surface area contributed by atoms with E-state index in [9.17, 15) is 10.2 Å². The SMILES string of the molecule is COc1nc(O[C@H]2CCc3c(-c4cccc(-c5nc6c(=N)n(CCN7CC[C@@H](O)C7)cc(Cl)c6o5)c4Cl)cccc32)c(Cl)cc1CN1CC[C@@H](O)C1. The standard InChI is InChI=1S/C38H39Cl3N6O5/c1-50-36-21(17-46-13-11-23(49)19-46)16-29(39)38(44-36)51-31-9-8-25-24(4-2-5-26(25)31)27-6-3-7-28(32(27)41)37-43-33-34(52-37)30(40)20-47(35(33)42)15-14-45-12-10-22(48)18-45/h2-7,16,20,22-23,31,42,48-49H,8-15,17-19H2,1H3/t22-,23-,31+/m1/s1. The van der Waals surface area contributed by atoms with Gasteiger partial charge in [0.25, 0.3) is 0 Å². The van der Waals surface area contributed by atoms with Gasteiger partial charge >= 0.3 is 0 Å². The van der Waals surface area contributed by atoms with E-state index in [-0.39, 0.29) is 29.7 Å². The Labute approximate surface area is 315 Å². The number of rotatable bonds is 10. The lowest BCUT2D eigenvalue weighted by molar-refractivity contribution is 0.174. The smallest absolute Gasteiger partial charge is 0.236 e. The minimum Gasteiger partial charge on any atom is -0.481 e. The highest BCUT2D eigenvalue weighted by Gasteiger charge is 2.30. The predicted octanol–water partition coefficient (Wildman–Crippen LogP) is 6.51. The summed E-state index contributed by atoms with van der Waals surface area (Å²) in [5.74, 6) is 1.05. The van der Waals surface area contributed by atoms with E-state index in [1.54, 1.807) is 17.9 Å². The lowest BCUT2D eigenvalue weighted by Crippen LogP contribution is -2.30. The summed E-state index contributed by atoms with van der Waals surface area (Å²) in [6, 6.07) is 13.7. The molecule has 0 unspecified atom stereocenters. The fourth-order valence-electron chi connectivity index (χ4n) is 7.69. The van der Waals surface area contributed by atoms with Crippen molar-refractivity contribution < 1.29 is 24.1 Å². The maximum absolute atomic E-state index is 9.95. The summed E-state index contributed by atoms with van der Waals surface area (Å²) in [4.78, 5) is 13.7. The highest BCUT2D eigenvalue weighted by Crippen LogP contribution is 2.45. The second kappa shape index (κ2) is 14.6. The number of aliphatic hydroxyl groups excluding tert-OH is 2. The Morgan fingerprint density at radius 3 is 2.37 bits per heavy atom. The second-order valence-corrected chi connectivity index (χ2v) is 15.0. The molecule has 11 nitrogen and oxygen atoms in total. The van der Waals surface area contributed by atoms with E-state index in [1.165, 1.54) is 0 Å². The molecular formula is C38H39Cl3N6O5. The normalized spacial score (nSPS) is 20.6. The zero-order valence-electron chi connectivity index (χ0n) is 28.6. The van der Waals surface area contributed by atoms with Crippen LogP contribution in [0.5, 0.6) is 11.8 Å². The zero-order chi connectivity index (χ0) is 36.1. The molecule has 0 amide bonds. The number of β-amino-alcohol motifs (C(OH)–C–C–N with tert-alkyl or cyclic N) is 2.